The van der Waals surface area contributed by atoms with Gasteiger partial charge in [0.25, 0.3) is 5.91 Å². The summed E-state index contributed by atoms with van der Waals surface area (Å²) in [6, 6.07) is 16.4. The molecule has 0 bridgehead atoms. The number of ether oxygens (including phenoxy) is 1. The highest BCUT2D eigenvalue weighted by atomic mass is 16.5. The van der Waals surface area contributed by atoms with Crippen LogP contribution in [0.25, 0.3) is 0 Å². The van der Waals surface area contributed by atoms with E-state index in [4.69, 9.17) is 4.74 Å². The second kappa shape index (κ2) is 8.69. The van der Waals surface area contributed by atoms with Crippen LogP contribution in [0.15, 0.2) is 59.7 Å². The minimum atomic E-state index is -0.516. The van der Waals surface area contributed by atoms with Crippen molar-refractivity contribution in [1.82, 2.24) is 0 Å². The zero-order chi connectivity index (χ0) is 20.1. The first-order valence-electron chi connectivity index (χ1n) is 9.41. The Kier molecular flexibility index (Phi) is 6.09. The van der Waals surface area contributed by atoms with Crippen LogP contribution in [0.1, 0.15) is 37.6 Å². The molecule has 0 spiro atoms. The molecule has 146 valence electrons. The van der Waals surface area contributed by atoms with E-state index >= 15 is 0 Å². The molecule has 1 aliphatic heterocycles. The standard InChI is InChI=1S/C22H25N3O3/c1-16(2)25(20-7-5-4-6-8-20)21(26)15-28-22(27)18-9-11-19(12-10-18)24-14-13-17(3)23-24/h4-12,16H,13-15H2,1-3H3. The van der Waals surface area contributed by atoms with Gasteiger partial charge < -0.3 is 9.64 Å². The number of esters is 1. The minimum Gasteiger partial charge on any atom is -0.452 e. The zero-order valence-corrected chi connectivity index (χ0v) is 16.5. The molecule has 2 aromatic carbocycles. The van der Waals surface area contributed by atoms with Crippen molar-refractivity contribution in [1.29, 1.82) is 0 Å². The fourth-order valence-corrected chi connectivity index (χ4v) is 3.13. The van der Waals surface area contributed by atoms with Crippen LogP contribution in [0.3, 0.4) is 0 Å². The Balaban J connectivity index is 1.60. The Labute approximate surface area is 165 Å². The van der Waals surface area contributed by atoms with Crippen LogP contribution in [-0.2, 0) is 9.53 Å². The Hall–Kier alpha value is -3.15. The Morgan fingerprint density at radius 1 is 1.11 bits per heavy atom. The summed E-state index contributed by atoms with van der Waals surface area (Å²) >= 11 is 0. The summed E-state index contributed by atoms with van der Waals surface area (Å²) in [5.74, 6) is -0.772. The monoisotopic (exact) mass is 379 g/mol. The van der Waals surface area contributed by atoms with Crippen molar-refractivity contribution in [2.45, 2.75) is 33.2 Å². The molecule has 0 unspecified atom stereocenters. The average Bonchev–Trinajstić information content (AvgIpc) is 3.13. The van der Waals surface area contributed by atoms with Crippen molar-refractivity contribution in [3.63, 3.8) is 0 Å². The SMILES string of the molecule is CC1=NN(c2ccc(C(=O)OCC(=O)N(c3ccccc3)C(C)C)cc2)CC1. The zero-order valence-electron chi connectivity index (χ0n) is 16.5. The number of nitrogens with zero attached hydrogens (tertiary/aromatic N) is 3. The van der Waals surface area contributed by atoms with Crippen molar-refractivity contribution < 1.29 is 14.3 Å². The van der Waals surface area contributed by atoms with Crippen LogP contribution in [0, 0.1) is 0 Å². The Bertz CT molecular complexity index is 860. The van der Waals surface area contributed by atoms with Gasteiger partial charge in [-0.2, -0.15) is 5.10 Å². The van der Waals surface area contributed by atoms with E-state index in [1.165, 1.54) is 0 Å². The molecule has 3 rings (SSSR count). The minimum absolute atomic E-state index is 0.0441. The van der Waals surface area contributed by atoms with Gasteiger partial charge in [0.05, 0.1) is 11.3 Å². The summed E-state index contributed by atoms with van der Waals surface area (Å²) in [5, 5.41) is 6.35. The number of hydrogen-bond donors (Lipinski definition) is 0. The molecule has 2 aromatic rings. The van der Waals surface area contributed by atoms with Gasteiger partial charge in [0.1, 0.15) is 0 Å². The fourth-order valence-electron chi connectivity index (χ4n) is 3.13. The van der Waals surface area contributed by atoms with E-state index < -0.39 is 5.97 Å². The summed E-state index contributed by atoms with van der Waals surface area (Å²) in [7, 11) is 0. The number of carbonyl (C=O) groups is 2. The first kappa shape index (κ1) is 19.6. The largest absolute Gasteiger partial charge is 0.452 e. The molecule has 1 heterocycles. The lowest BCUT2D eigenvalue weighted by Gasteiger charge is -2.26. The van der Waals surface area contributed by atoms with E-state index in [1.807, 2.05) is 68.2 Å². The molecule has 28 heavy (non-hydrogen) atoms. The van der Waals surface area contributed by atoms with Gasteiger partial charge in [-0.1, -0.05) is 18.2 Å². The highest BCUT2D eigenvalue weighted by molar-refractivity contribution is 5.97. The molecule has 0 saturated heterocycles. The third-order valence-electron chi connectivity index (χ3n) is 4.52. The molecule has 0 radical (unpaired) electrons. The predicted molar refractivity (Wildman–Crippen MR) is 111 cm³/mol. The highest BCUT2D eigenvalue weighted by Crippen LogP contribution is 2.20. The second-order valence-corrected chi connectivity index (χ2v) is 7.02. The van der Waals surface area contributed by atoms with Crippen LogP contribution >= 0.6 is 0 Å². The predicted octanol–water partition coefficient (Wildman–Crippen LogP) is 3.87. The molecule has 0 N–H and O–H groups in total. The van der Waals surface area contributed by atoms with Crippen molar-refractivity contribution >= 4 is 29.0 Å². The summed E-state index contributed by atoms with van der Waals surface area (Å²) in [5.41, 5.74) is 3.21. The molecule has 0 aliphatic carbocycles. The van der Waals surface area contributed by atoms with E-state index in [0.29, 0.717) is 5.56 Å². The van der Waals surface area contributed by atoms with Gasteiger partial charge in [-0.3, -0.25) is 9.80 Å². The van der Waals surface area contributed by atoms with Crippen molar-refractivity contribution in [2.24, 2.45) is 5.10 Å². The van der Waals surface area contributed by atoms with Gasteiger partial charge in [-0.15, -0.1) is 0 Å². The fraction of sp³-hybridized carbons (Fsp3) is 0.318. The van der Waals surface area contributed by atoms with Crippen LogP contribution in [-0.4, -0.2) is 36.8 Å². The van der Waals surface area contributed by atoms with Gasteiger partial charge in [-0.05, 0) is 57.2 Å². The molecule has 0 fully saturated rings. The molecule has 6 nitrogen and oxygen atoms in total. The van der Waals surface area contributed by atoms with Gasteiger partial charge in [0.2, 0.25) is 0 Å². The van der Waals surface area contributed by atoms with Crippen LogP contribution in [0.5, 0.6) is 0 Å². The van der Waals surface area contributed by atoms with E-state index in [-0.39, 0.29) is 18.6 Å². The number of amides is 1. The molecule has 6 heteroatoms. The average molecular weight is 379 g/mol. The number of rotatable bonds is 6. The topological polar surface area (TPSA) is 62.2 Å². The summed E-state index contributed by atoms with van der Waals surface area (Å²) in [6.45, 7) is 6.39. The molecule has 1 aliphatic rings. The Morgan fingerprint density at radius 2 is 1.79 bits per heavy atom. The highest BCUT2D eigenvalue weighted by Gasteiger charge is 2.21. The maximum absolute atomic E-state index is 12.6. The van der Waals surface area contributed by atoms with E-state index in [0.717, 1.165) is 30.1 Å². The van der Waals surface area contributed by atoms with Crippen LogP contribution < -0.4 is 9.91 Å². The number of benzene rings is 2. The normalized spacial score (nSPS) is 13.4. The third kappa shape index (κ3) is 4.57. The quantitative estimate of drug-likeness (QED) is 0.715. The lowest BCUT2D eigenvalue weighted by Crippen LogP contribution is -2.39. The van der Waals surface area contributed by atoms with Crippen molar-refractivity contribution in [3.8, 4) is 0 Å². The summed E-state index contributed by atoms with van der Waals surface area (Å²) in [6.07, 6.45) is 0.944. The van der Waals surface area contributed by atoms with Crippen LogP contribution in [0.4, 0.5) is 11.4 Å². The van der Waals surface area contributed by atoms with Crippen molar-refractivity contribution in [3.05, 3.63) is 60.2 Å². The summed E-state index contributed by atoms with van der Waals surface area (Å²) in [4.78, 5) is 26.6. The van der Waals surface area contributed by atoms with Gasteiger partial charge in [-0.25, -0.2) is 4.79 Å². The maximum Gasteiger partial charge on any atom is 0.338 e. The Morgan fingerprint density at radius 3 is 2.36 bits per heavy atom. The number of hydrogen-bond acceptors (Lipinski definition) is 5. The first-order valence-corrected chi connectivity index (χ1v) is 9.41. The number of para-hydroxylation sites is 1. The van der Waals surface area contributed by atoms with E-state index in [1.54, 1.807) is 17.0 Å². The third-order valence-corrected chi connectivity index (χ3v) is 4.52. The second-order valence-electron chi connectivity index (χ2n) is 7.02. The number of carbonyl (C=O) groups excluding carboxylic acids is 2. The summed E-state index contributed by atoms with van der Waals surface area (Å²) < 4.78 is 5.25. The molecule has 1 amide bonds. The van der Waals surface area contributed by atoms with E-state index in [9.17, 15) is 9.59 Å². The van der Waals surface area contributed by atoms with Gasteiger partial charge in [0, 0.05) is 30.4 Å². The number of anilines is 2. The van der Waals surface area contributed by atoms with Crippen LogP contribution in [0.2, 0.25) is 0 Å². The maximum atomic E-state index is 12.6. The molecule has 0 saturated carbocycles. The lowest BCUT2D eigenvalue weighted by molar-refractivity contribution is -0.122. The number of hydrazone groups is 1. The lowest BCUT2D eigenvalue weighted by atomic mass is 10.2. The smallest absolute Gasteiger partial charge is 0.338 e. The van der Waals surface area contributed by atoms with Crippen molar-refractivity contribution in [2.75, 3.05) is 23.1 Å². The van der Waals surface area contributed by atoms with Gasteiger partial charge in [0.15, 0.2) is 6.61 Å². The molecule has 0 aromatic heterocycles. The van der Waals surface area contributed by atoms with Gasteiger partial charge >= 0.3 is 5.97 Å². The van der Waals surface area contributed by atoms with E-state index in [2.05, 4.69) is 5.10 Å². The molecular formula is C22H25N3O3. The molecular weight excluding hydrogens is 354 g/mol. The molecule has 0 atom stereocenters. The first-order chi connectivity index (χ1) is 13.5.